The van der Waals surface area contributed by atoms with Gasteiger partial charge in [-0.1, -0.05) is 42.5 Å². The average molecular weight is 289 g/mol. The standard InChI is InChI=1S/C19H15NO2/c20-14-5-3-4-12(10-14)19(21)13-8-9-16-15-6-1-2-7-17(15)22-18(16)11-13/h1-11,19,21H,20H2/t19-/m1/s1. The molecule has 1 aromatic heterocycles. The first-order valence-electron chi connectivity index (χ1n) is 7.17. The molecule has 3 aromatic carbocycles. The molecule has 0 bridgehead atoms. The maximum absolute atomic E-state index is 10.6. The van der Waals surface area contributed by atoms with Crippen LogP contribution in [0.1, 0.15) is 17.2 Å². The van der Waals surface area contributed by atoms with Gasteiger partial charge >= 0.3 is 0 Å². The zero-order valence-corrected chi connectivity index (χ0v) is 11.9. The maximum atomic E-state index is 10.6. The monoisotopic (exact) mass is 289 g/mol. The number of fused-ring (bicyclic) bond motifs is 3. The molecular formula is C19H15NO2. The van der Waals surface area contributed by atoms with Gasteiger partial charge in [0.05, 0.1) is 0 Å². The van der Waals surface area contributed by atoms with Gasteiger partial charge in [-0.25, -0.2) is 0 Å². The molecule has 4 aromatic rings. The fourth-order valence-electron chi connectivity index (χ4n) is 2.83. The minimum Gasteiger partial charge on any atom is -0.456 e. The maximum Gasteiger partial charge on any atom is 0.135 e. The number of rotatable bonds is 2. The summed E-state index contributed by atoms with van der Waals surface area (Å²) in [5, 5.41) is 12.7. The average Bonchev–Trinajstić information content (AvgIpc) is 2.91. The van der Waals surface area contributed by atoms with Crippen molar-refractivity contribution in [1.82, 2.24) is 0 Å². The van der Waals surface area contributed by atoms with Crippen molar-refractivity contribution in [2.75, 3.05) is 5.73 Å². The van der Waals surface area contributed by atoms with Crippen LogP contribution in [0, 0.1) is 0 Å². The second-order valence-corrected chi connectivity index (χ2v) is 5.43. The van der Waals surface area contributed by atoms with E-state index in [1.165, 1.54) is 0 Å². The van der Waals surface area contributed by atoms with Crippen LogP contribution in [-0.4, -0.2) is 5.11 Å². The van der Waals surface area contributed by atoms with Crippen molar-refractivity contribution in [3.63, 3.8) is 0 Å². The van der Waals surface area contributed by atoms with Gasteiger partial charge in [0.1, 0.15) is 17.3 Å². The summed E-state index contributed by atoms with van der Waals surface area (Å²) in [6.45, 7) is 0. The number of hydrogen-bond acceptors (Lipinski definition) is 3. The first-order valence-corrected chi connectivity index (χ1v) is 7.17. The Morgan fingerprint density at radius 1 is 0.773 bits per heavy atom. The van der Waals surface area contributed by atoms with E-state index in [-0.39, 0.29) is 0 Å². The summed E-state index contributed by atoms with van der Waals surface area (Å²) >= 11 is 0. The molecule has 0 aliphatic rings. The van der Waals surface area contributed by atoms with Crippen molar-refractivity contribution < 1.29 is 9.52 Å². The van der Waals surface area contributed by atoms with Crippen LogP contribution in [-0.2, 0) is 0 Å². The summed E-state index contributed by atoms with van der Waals surface area (Å²) in [7, 11) is 0. The van der Waals surface area contributed by atoms with Gasteiger partial charge in [-0.15, -0.1) is 0 Å². The Labute approximate surface area is 127 Å². The molecule has 0 saturated heterocycles. The molecule has 0 radical (unpaired) electrons. The molecule has 3 nitrogen and oxygen atoms in total. The number of aliphatic hydroxyl groups excluding tert-OH is 1. The van der Waals surface area contributed by atoms with E-state index in [9.17, 15) is 5.11 Å². The van der Waals surface area contributed by atoms with Crippen LogP contribution >= 0.6 is 0 Å². The fourth-order valence-corrected chi connectivity index (χ4v) is 2.83. The lowest BCUT2D eigenvalue weighted by atomic mass is 10.00. The molecule has 0 spiro atoms. The molecule has 1 atom stereocenters. The Balaban J connectivity index is 1.84. The van der Waals surface area contributed by atoms with Gasteiger partial charge in [0, 0.05) is 16.5 Å². The highest BCUT2D eigenvalue weighted by Crippen LogP contribution is 2.32. The second kappa shape index (κ2) is 4.90. The first-order chi connectivity index (χ1) is 10.7. The van der Waals surface area contributed by atoms with E-state index in [1.54, 1.807) is 12.1 Å². The van der Waals surface area contributed by atoms with E-state index in [2.05, 4.69) is 0 Å². The van der Waals surface area contributed by atoms with Crippen molar-refractivity contribution in [3.05, 3.63) is 77.9 Å². The number of furan rings is 1. The number of anilines is 1. The third-order valence-corrected chi connectivity index (χ3v) is 3.94. The number of aliphatic hydroxyl groups is 1. The van der Waals surface area contributed by atoms with E-state index in [1.807, 2.05) is 54.6 Å². The fraction of sp³-hybridized carbons (Fsp3) is 0.0526. The molecule has 0 aliphatic carbocycles. The van der Waals surface area contributed by atoms with Gasteiger partial charge in [0.2, 0.25) is 0 Å². The molecular weight excluding hydrogens is 274 g/mol. The Bertz CT molecular complexity index is 971. The predicted molar refractivity (Wildman–Crippen MR) is 88.6 cm³/mol. The largest absolute Gasteiger partial charge is 0.456 e. The summed E-state index contributed by atoms with van der Waals surface area (Å²) in [5.74, 6) is 0. The lowest BCUT2D eigenvalue weighted by molar-refractivity contribution is 0.220. The van der Waals surface area contributed by atoms with Gasteiger partial charge in [0.25, 0.3) is 0 Å². The molecule has 0 aliphatic heterocycles. The van der Waals surface area contributed by atoms with Crippen molar-refractivity contribution >= 4 is 27.6 Å². The molecule has 0 unspecified atom stereocenters. The molecule has 22 heavy (non-hydrogen) atoms. The molecule has 1 heterocycles. The van der Waals surface area contributed by atoms with Crippen molar-refractivity contribution in [2.45, 2.75) is 6.10 Å². The van der Waals surface area contributed by atoms with Crippen LogP contribution in [0.2, 0.25) is 0 Å². The molecule has 0 amide bonds. The van der Waals surface area contributed by atoms with E-state index in [0.717, 1.165) is 33.1 Å². The van der Waals surface area contributed by atoms with Crippen molar-refractivity contribution in [1.29, 1.82) is 0 Å². The third-order valence-electron chi connectivity index (χ3n) is 3.94. The lowest BCUT2D eigenvalue weighted by Gasteiger charge is -2.12. The number of hydrogen-bond donors (Lipinski definition) is 2. The van der Waals surface area contributed by atoms with Gasteiger partial charge in [-0.05, 0) is 35.4 Å². The quantitative estimate of drug-likeness (QED) is 0.542. The summed E-state index contributed by atoms with van der Waals surface area (Å²) in [6.07, 6.45) is -0.721. The third kappa shape index (κ3) is 2.03. The normalized spacial score (nSPS) is 12.8. The number of benzene rings is 3. The number of para-hydroxylation sites is 1. The number of nitrogens with two attached hydrogens (primary N) is 1. The van der Waals surface area contributed by atoms with Crippen LogP contribution in [0.25, 0.3) is 21.9 Å². The Kier molecular flexibility index (Phi) is 2.88. The molecule has 0 fully saturated rings. The molecule has 3 N–H and O–H groups in total. The van der Waals surface area contributed by atoms with Crippen molar-refractivity contribution in [2.24, 2.45) is 0 Å². The van der Waals surface area contributed by atoms with Crippen LogP contribution in [0.3, 0.4) is 0 Å². The minimum atomic E-state index is -0.721. The van der Waals surface area contributed by atoms with E-state index in [0.29, 0.717) is 5.69 Å². The highest BCUT2D eigenvalue weighted by atomic mass is 16.3. The van der Waals surface area contributed by atoms with Gasteiger partial charge < -0.3 is 15.3 Å². The van der Waals surface area contributed by atoms with Gasteiger partial charge in [-0.3, -0.25) is 0 Å². The molecule has 3 heteroatoms. The van der Waals surface area contributed by atoms with E-state index < -0.39 is 6.10 Å². The first kappa shape index (κ1) is 12.9. The Hall–Kier alpha value is -2.78. The topological polar surface area (TPSA) is 59.4 Å². The van der Waals surface area contributed by atoms with Crippen LogP contribution in [0.15, 0.2) is 71.1 Å². The minimum absolute atomic E-state index is 0.640. The van der Waals surface area contributed by atoms with Crippen LogP contribution < -0.4 is 5.73 Å². The van der Waals surface area contributed by atoms with Crippen molar-refractivity contribution in [3.8, 4) is 0 Å². The molecule has 0 saturated carbocycles. The lowest BCUT2D eigenvalue weighted by Crippen LogP contribution is -2.00. The van der Waals surface area contributed by atoms with Crippen LogP contribution in [0.5, 0.6) is 0 Å². The summed E-state index contributed by atoms with van der Waals surface area (Å²) < 4.78 is 5.87. The summed E-state index contributed by atoms with van der Waals surface area (Å²) in [6, 6.07) is 21.0. The SMILES string of the molecule is Nc1cccc([C@@H](O)c2ccc3c(c2)oc2ccccc23)c1. The van der Waals surface area contributed by atoms with Crippen LogP contribution in [0.4, 0.5) is 5.69 Å². The molecule has 4 rings (SSSR count). The Morgan fingerprint density at radius 2 is 1.55 bits per heavy atom. The molecule has 108 valence electrons. The number of nitrogen functional groups attached to an aromatic ring is 1. The smallest absolute Gasteiger partial charge is 0.135 e. The second-order valence-electron chi connectivity index (χ2n) is 5.43. The summed E-state index contributed by atoms with van der Waals surface area (Å²) in [5.41, 5.74) is 9.62. The Morgan fingerprint density at radius 3 is 2.41 bits per heavy atom. The zero-order chi connectivity index (χ0) is 15.1. The zero-order valence-electron chi connectivity index (χ0n) is 11.9. The summed E-state index contributed by atoms with van der Waals surface area (Å²) in [4.78, 5) is 0. The van der Waals surface area contributed by atoms with E-state index >= 15 is 0 Å². The highest BCUT2D eigenvalue weighted by Gasteiger charge is 2.13. The van der Waals surface area contributed by atoms with Gasteiger partial charge in [-0.2, -0.15) is 0 Å². The highest BCUT2D eigenvalue weighted by molar-refractivity contribution is 6.04. The predicted octanol–water partition coefficient (Wildman–Crippen LogP) is 4.25. The van der Waals surface area contributed by atoms with E-state index in [4.69, 9.17) is 10.2 Å². The van der Waals surface area contributed by atoms with Gasteiger partial charge in [0.15, 0.2) is 0 Å².